The average molecular weight is 108 g/mol. The van der Waals surface area contributed by atoms with Crippen LogP contribution in [0.1, 0.15) is 12.8 Å². The Labute approximate surface area is 49.0 Å². The number of hydrogen-bond acceptors (Lipinski definition) is 2. The van der Waals surface area contributed by atoms with Crippen LogP contribution < -0.4 is 0 Å². The summed E-state index contributed by atoms with van der Waals surface area (Å²) >= 11 is 0. The Morgan fingerprint density at radius 3 is 2.88 bits per heavy atom. The predicted octanol–water partition coefficient (Wildman–Crippen LogP) is 1.08. The highest BCUT2D eigenvalue weighted by Crippen LogP contribution is 2.02. The first-order valence-electron chi connectivity index (χ1n) is 2.76. The van der Waals surface area contributed by atoms with E-state index in [1.165, 1.54) is 0 Å². The Morgan fingerprint density at radius 1 is 1.62 bits per heavy atom. The predicted molar refractivity (Wildman–Crippen MR) is 30.7 cm³/mol. The van der Waals surface area contributed by atoms with Gasteiger partial charge in [0, 0.05) is 12.7 Å². The van der Waals surface area contributed by atoms with E-state index in [4.69, 9.17) is 5.26 Å². The lowest BCUT2D eigenvalue weighted by Gasteiger charge is -2.12. The molecular formula is C6H8N2. The minimum absolute atomic E-state index is 0.896. The maximum atomic E-state index is 8.32. The standard InChI is InChI=1S/C6H8N2/c7-6-8-4-2-1-3-5-8/h2,4H,1,3,5H2. The van der Waals surface area contributed by atoms with Gasteiger partial charge in [0.05, 0.1) is 0 Å². The average Bonchev–Trinajstić information content (AvgIpc) is 1.90. The summed E-state index contributed by atoms with van der Waals surface area (Å²) in [6.45, 7) is 0.896. The first-order chi connectivity index (χ1) is 3.93. The third-order valence-corrected chi connectivity index (χ3v) is 1.18. The highest BCUT2D eigenvalue weighted by Gasteiger charge is 1.98. The molecular weight excluding hydrogens is 100 g/mol. The molecule has 2 heteroatoms. The van der Waals surface area contributed by atoms with Crippen molar-refractivity contribution in [3.05, 3.63) is 12.3 Å². The van der Waals surface area contributed by atoms with Gasteiger partial charge in [-0.3, -0.25) is 4.90 Å². The molecule has 1 aliphatic heterocycles. The molecule has 0 aliphatic carbocycles. The monoisotopic (exact) mass is 108 g/mol. The summed E-state index contributed by atoms with van der Waals surface area (Å²) in [6.07, 6.45) is 8.15. The van der Waals surface area contributed by atoms with Crippen molar-refractivity contribution in [3.63, 3.8) is 0 Å². The Bertz CT molecular complexity index is 132. The SMILES string of the molecule is N#CN1C=CCCC1. The number of allylic oxidation sites excluding steroid dienone is 1. The molecule has 2 nitrogen and oxygen atoms in total. The van der Waals surface area contributed by atoms with Crippen LogP contribution in [0.4, 0.5) is 0 Å². The summed E-state index contributed by atoms with van der Waals surface area (Å²) in [5.41, 5.74) is 0. The first kappa shape index (κ1) is 5.17. The fourth-order valence-electron chi connectivity index (χ4n) is 0.739. The quantitative estimate of drug-likeness (QED) is 0.434. The van der Waals surface area contributed by atoms with E-state index in [0.29, 0.717) is 0 Å². The fraction of sp³-hybridized carbons (Fsp3) is 0.500. The first-order valence-corrected chi connectivity index (χ1v) is 2.76. The van der Waals surface area contributed by atoms with Gasteiger partial charge >= 0.3 is 0 Å². The lowest BCUT2D eigenvalue weighted by Crippen LogP contribution is -2.13. The van der Waals surface area contributed by atoms with Gasteiger partial charge in [-0.15, -0.1) is 0 Å². The van der Waals surface area contributed by atoms with Crippen LogP contribution in [-0.2, 0) is 0 Å². The van der Waals surface area contributed by atoms with Crippen molar-refractivity contribution >= 4 is 0 Å². The molecule has 8 heavy (non-hydrogen) atoms. The van der Waals surface area contributed by atoms with Crippen molar-refractivity contribution in [3.8, 4) is 6.19 Å². The molecule has 0 saturated heterocycles. The maximum Gasteiger partial charge on any atom is 0.183 e. The summed E-state index contributed by atoms with van der Waals surface area (Å²) in [5.74, 6) is 0. The summed E-state index contributed by atoms with van der Waals surface area (Å²) in [6, 6.07) is 0. The summed E-state index contributed by atoms with van der Waals surface area (Å²) in [4.78, 5) is 1.64. The number of hydrogen-bond donors (Lipinski definition) is 0. The highest BCUT2D eigenvalue weighted by molar-refractivity contribution is 4.93. The number of rotatable bonds is 0. The molecule has 1 rings (SSSR count). The number of nitriles is 1. The molecule has 0 radical (unpaired) electrons. The summed E-state index contributed by atoms with van der Waals surface area (Å²) < 4.78 is 0. The van der Waals surface area contributed by atoms with Crippen LogP contribution in [0.3, 0.4) is 0 Å². The molecule has 0 atom stereocenters. The van der Waals surface area contributed by atoms with Crippen LogP contribution in [-0.4, -0.2) is 11.4 Å². The van der Waals surface area contributed by atoms with Gasteiger partial charge < -0.3 is 0 Å². The van der Waals surface area contributed by atoms with E-state index in [1.54, 1.807) is 4.90 Å². The summed E-state index contributed by atoms with van der Waals surface area (Å²) in [5, 5.41) is 8.32. The van der Waals surface area contributed by atoms with Gasteiger partial charge in [-0.25, -0.2) is 0 Å². The van der Waals surface area contributed by atoms with Crippen molar-refractivity contribution in [2.45, 2.75) is 12.8 Å². The Morgan fingerprint density at radius 2 is 2.50 bits per heavy atom. The topological polar surface area (TPSA) is 27.0 Å². The van der Waals surface area contributed by atoms with Crippen LogP contribution in [0.25, 0.3) is 0 Å². The second-order valence-electron chi connectivity index (χ2n) is 1.82. The molecule has 0 amide bonds. The van der Waals surface area contributed by atoms with E-state index in [9.17, 15) is 0 Å². The minimum Gasteiger partial charge on any atom is -0.287 e. The fourth-order valence-corrected chi connectivity index (χ4v) is 0.739. The molecule has 0 aromatic rings. The van der Waals surface area contributed by atoms with E-state index in [1.807, 2.05) is 12.3 Å². The Balaban J connectivity index is 2.46. The van der Waals surface area contributed by atoms with Crippen molar-refractivity contribution in [2.24, 2.45) is 0 Å². The zero-order valence-corrected chi connectivity index (χ0v) is 4.67. The Kier molecular flexibility index (Phi) is 1.53. The second kappa shape index (κ2) is 2.37. The zero-order chi connectivity index (χ0) is 5.82. The van der Waals surface area contributed by atoms with Gasteiger partial charge in [0.2, 0.25) is 0 Å². The minimum atomic E-state index is 0.896. The van der Waals surface area contributed by atoms with Gasteiger partial charge in [-0.1, -0.05) is 6.08 Å². The van der Waals surface area contributed by atoms with Gasteiger partial charge in [-0.2, -0.15) is 5.26 Å². The van der Waals surface area contributed by atoms with E-state index in [2.05, 4.69) is 6.19 Å². The highest BCUT2D eigenvalue weighted by atomic mass is 15.1. The van der Waals surface area contributed by atoms with Crippen LogP contribution in [0.15, 0.2) is 12.3 Å². The molecule has 0 spiro atoms. The van der Waals surface area contributed by atoms with Crippen LogP contribution in [0, 0.1) is 11.5 Å². The van der Waals surface area contributed by atoms with E-state index >= 15 is 0 Å². The smallest absolute Gasteiger partial charge is 0.183 e. The van der Waals surface area contributed by atoms with Crippen LogP contribution in [0.2, 0.25) is 0 Å². The van der Waals surface area contributed by atoms with Crippen molar-refractivity contribution in [1.82, 2.24) is 4.90 Å². The van der Waals surface area contributed by atoms with Crippen LogP contribution >= 0.6 is 0 Å². The van der Waals surface area contributed by atoms with Crippen molar-refractivity contribution in [2.75, 3.05) is 6.54 Å². The lowest BCUT2D eigenvalue weighted by atomic mass is 10.2. The molecule has 1 aliphatic rings. The van der Waals surface area contributed by atoms with E-state index in [-0.39, 0.29) is 0 Å². The van der Waals surface area contributed by atoms with E-state index < -0.39 is 0 Å². The molecule has 0 N–H and O–H groups in total. The van der Waals surface area contributed by atoms with Crippen molar-refractivity contribution in [1.29, 1.82) is 5.26 Å². The van der Waals surface area contributed by atoms with Gasteiger partial charge in [0.1, 0.15) is 0 Å². The largest absolute Gasteiger partial charge is 0.287 e. The molecule has 0 aromatic heterocycles. The molecule has 0 saturated carbocycles. The van der Waals surface area contributed by atoms with E-state index in [0.717, 1.165) is 19.4 Å². The van der Waals surface area contributed by atoms with Gasteiger partial charge in [0.25, 0.3) is 0 Å². The third-order valence-electron chi connectivity index (χ3n) is 1.18. The maximum absolute atomic E-state index is 8.32. The van der Waals surface area contributed by atoms with Gasteiger partial charge in [-0.05, 0) is 12.8 Å². The third kappa shape index (κ3) is 1.00. The number of nitrogens with zero attached hydrogens (tertiary/aromatic N) is 2. The lowest BCUT2D eigenvalue weighted by molar-refractivity contribution is 0.484. The van der Waals surface area contributed by atoms with Crippen molar-refractivity contribution < 1.29 is 0 Å². The normalized spacial score (nSPS) is 18.1. The molecule has 0 bridgehead atoms. The molecule has 1 heterocycles. The molecule has 0 fully saturated rings. The molecule has 0 unspecified atom stereocenters. The Hall–Kier alpha value is -0.970. The second-order valence-corrected chi connectivity index (χ2v) is 1.82. The van der Waals surface area contributed by atoms with Gasteiger partial charge in [0.15, 0.2) is 6.19 Å². The van der Waals surface area contributed by atoms with Crippen LogP contribution in [0.5, 0.6) is 0 Å². The zero-order valence-electron chi connectivity index (χ0n) is 4.67. The summed E-state index contributed by atoms with van der Waals surface area (Å²) in [7, 11) is 0. The molecule has 42 valence electrons. The molecule has 0 aromatic carbocycles.